The molecule has 0 atom stereocenters. The quantitative estimate of drug-likeness (QED) is 0.541. The third-order valence-corrected chi connectivity index (χ3v) is 4.74. The monoisotopic (exact) mass is 376 g/mol. The summed E-state index contributed by atoms with van der Waals surface area (Å²) in [6, 6.07) is 17.1. The van der Waals surface area contributed by atoms with Crippen LogP contribution in [0.1, 0.15) is 16.4 Å². The van der Waals surface area contributed by atoms with E-state index in [4.69, 9.17) is 0 Å². The molecule has 0 aliphatic rings. The summed E-state index contributed by atoms with van der Waals surface area (Å²) < 4.78 is 1.44. The van der Waals surface area contributed by atoms with Gasteiger partial charge in [0.05, 0.1) is 17.4 Å². The van der Waals surface area contributed by atoms with Crippen molar-refractivity contribution in [1.29, 1.82) is 0 Å². The molecule has 0 saturated heterocycles. The van der Waals surface area contributed by atoms with E-state index < -0.39 is 0 Å². The van der Waals surface area contributed by atoms with E-state index >= 15 is 0 Å². The van der Waals surface area contributed by atoms with Crippen molar-refractivity contribution in [1.82, 2.24) is 19.9 Å². The maximum Gasteiger partial charge on any atom is 0.279 e. The predicted octanol–water partition coefficient (Wildman–Crippen LogP) is 3.05. The van der Waals surface area contributed by atoms with E-state index in [0.29, 0.717) is 28.4 Å². The van der Waals surface area contributed by atoms with Gasteiger partial charge < -0.3 is 5.43 Å². The highest BCUT2D eigenvalue weighted by Gasteiger charge is 2.09. The second-order valence-electron chi connectivity index (χ2n) is 5.80. The number of hydrogen-bond acceptors (Lipinski definition) is 7. The van der Waals surface area contributed by atoms with Gasteiger partial charge in [0.1, 0.15) is 10.8 Å². The number of nitrogens with zero attached hydrogens (tertiary/aromatic N) is 5. The Balaban J connectivity index is 1.50. The fourth-order valence-corrected chi connectivity index (χ4v) is 3.23. The molecule has 4 rings (SSSR count). The summed E-state index contributed by atoms with van der Waals surface area (Å²) in [4.78, 5) is 21.4. The SMILES string of the molecule is Cc1nc2ccccc2c(=O)n1NCc1nnc(/N=C/c2ccccc2)s1. The summed E-state index contributed by atoms with van der Waals surface area (Å²) in [7, 11) is 0. The van der Waals surface area contributed by atoms with Crippen LogP contribution < -0.4 is 11.0 Å². The number of para-hydroxylation sites is 1. The fourth-order valence-electron chi connectivity index (χ4n) is 2.61. The van der Waals surface area contributed by atoms with E-state index in [2.05, 4.69) is 25.6 Å². The molecule has 0 bridgehead atoms. The normalized spacial score (nSPS) is 11.3. The lowest BCUT2D eigenvalue weighted by atomic mass is 10.2. The van der Waals surface area contributed by atoms with E-state index in [1.54, 1.807) is 19.2 Å². The summed E-state index contributed by atoms with van der Waals surface area (Å²) in [6.07, 6.45) is 1.75. The van der Waals surface area contributed by atoms with Gasteiger partial charge in [-0.3, -0.25) is 4.79 Å². The lowest BCUT2D eigenvalue weighted by molar-refractivity contribution is 0.748. The molecule has 0 radical (unpaired) electrons. The fraction of sp³-hybridized carbons (Fsp3) is 0.105. The molecule has 0 unspecified atom stereocenters. The zero-order valence-corrected chi connectivity index (χ0v) is 15.3. The molecule has 0 aliphatic heterocycles. The van der Waals surface area contributed by atoms with Gasteiger partial charge in [-0.15, -0.1) is 10.2 Å². The highest BCUT2D eigenvalue weighted by Crippen LogP contribution is 2.18. The topological polar surface area (TPSA) is 85.1 Å². The first-order valence-corrected chi connectivity index (χ1v) is 9.16. The van der Waals surface area contributed by atoms with Gasteiger partial charge in [0.15, 0.2) is 0 Å². The summed E-state index contributed by atoms with van der Waals surface area (Å²) in [5.74, 6) is 0.588. The van der Waals surface area contributed by atoms with E-state index in [1.807, 2.05) is 48.5 Å². The molecule has 8 heteroatoms. The van der Waals surface area contributed by atoms with Gasteiger partial charge >= 0.3 is 0 Å². The molecule has 4 aromatic rings. The van der Waals surface area contributed by atoms with Crippen LogP contribution in [-0.4, -0.2) is 26.1 Å². The van der Waals surface area contributed by atoms with Gasteiger partial charge in [-0.05, 0) is 24.6 Å². The second kappa shape index (κ2) is 7.46. The molecule has 7 nitrogen and oxygen atoms in total. The summed E-state index contributed by atoms with van der Waals surface area (Å²) in [6.45, 7) is 2.15. The van der Waals surface area contributed by atoms with Crippen LogP contribution in [0.15, 0.2) is 64.4 Å². The average molecular weight is 376 g/mol. The first kappa shape index (κ1) is 17.0. The van der Waals surface area contributed by atoms with Gasteiger partial charge in [-0.2, -0.15) is 0 Å². The standard InChI is InChI=1S/C19H16N6OS/c1-13-22-16-10-6-5-9-15(16)18(26)25(13)21-12-17-23-24-19(27-17)20-11-14-7-3-2-4-8-14/h2-11,21H,12H2,1H3/b20-11+. The van der Waals surface area contributed by atoms with Crippen molar-refractivity contribution in [3.63, 3.8) is 0 Å². The predicted molar refractivity (Wildman–Crippen MR) is 107 cm³/mol. The van der Waals surface area contributed by atoms with E-state index in [1.165, 1.54) is 16.0 Å². The molecule has 2 aromatic heterocycles. The molecule has 0 fully saturated rings. The summed E-state index contributed by atoms with van der Waals surface area (Å²) in [5, 5.41) is 10.1. The van der Waals surface area contributed by atoms with E-state index in [9.17, 15) is 4.79 Å². The second-order valence-corrected chi connectivity index (χ2v) is 6.84. The molecule has 0 amide bonds. The number of aromatic nitrogens is 4. The third-order valence-electron chi connectivity index (χ3n) is 3.91. The van der Waals surface area contributed by atoms with Gasteiger partial charge in [-0.25, -0.2) is 14.7 Å². The van der Waals surface area contributed by atoms with Crippen molar-refractivity contribution in [3.05, 3.63) is 81.3 Å². The number of aryl methyl sites for hydroxylation is 1. The Morgan fingerprint density at radius 1 is 1.11 bits per heavy atom. The molecule has 0 saturated carbocycles. The number of rotatable bonds is 5. The van der Waals surface area contributed by atoms with Gasteiger partial charge in [-0.1, -0.05) is 53.8 Å². The van der Waals surface area contributed by atoms with Crippen LogP contribution in [0, 0.1) is 6.92 Å². The van der Waals surface area contributed by atoms with Crippen molar-refractivity contribution in [2.45, 2.75) is 13.5 Å². The van der Waals surface area contributed by atoms with Crippen LogP contribution in [0.5, 0.6) is 0 Å². The largest absolute Gasteiger partial charge is 0.315 e. The summed E-state index contributed by atoms with van der Waals surface area (Å²) in [5.41, 5.74) is 4.62. The Hall–Kier alpha value is -3.39. The van der Waals surface area contributed by atoms with Gasteiger partial charge in [0, 0.05) is 6.21 Å². The van der Waals surface area contributed by atoms with E-state index in [-0.39, 0.29) is 5.56 Å². The van der Waals surface area contributed by atoms with Crippen LogP contribution in [0.4, 0.5) is 5.13 Å². The highest BCUT2D eigenvalue weighted by atomic mass is 32.1. The van der Waals surface area contributed by atoms with Crippen molar-refractivity contribution in [2.75, 3.05) is 5.43 Å². The van der Waals surface area contributed by atoms with Crippen LogP contribution in [0.3, 0.4) is 0 Å². The Morgan fingerprint density at radius 2 is 1.89 bits per heavy atom. The number of benzene rings is 2. The molecule has 27 heavy (non-hydrogen) atoms. The van der Waals surface area contributed by atoms with Crippen molar-refractivity contribution in [3.8, 4) is 0 Å². The lowest BCUT2D eigenvalue weighted by Crippen LogP contribution is -2.31. The van der Waals surface area contributed by atoms with Crippen LogP contribution in [-0.2, 0) is 6.54 Å². The molecule has 2 heterocycles. The number of hydrogen-bond donors (Lipinski definition) is 1. The minimum atomic E-state index is -0.134. The van der Waals surface area contributed by atoms with Crippen molar-refractivity contribution < 1.29 is 0 Å². The Bertz CT molecular complexity index is 1170. The van der Waals surface area contributed by atoms with Crippen LogP contribution in [0.25, 0.3) is 10.9 Å². The van der Waals surface area contributed by atoms with E-state index in [0.717, 1.165) is 10.6 Å². The Kier molecular flexibility index (Phi) is 4.71. The Morgan fingerprint density at radius 3 is 2.74 bits per heavy atom. The van der Waals surface area contributed by atoms with Crippen LogP contribution in [0.2, 0.25) is 0 Å². The minimum Gasteiger partial charge on any atom is -0.315 e. The van der Waals surface area contributed by atoms with Gasteiger partial charge in [0.2, 0.25) is 5.13 Å². The average Bonchev–Trinajstić information content (AvgIpc) is 3.15. The van der Waals surface area contributed by atoms with Crippen LogP contribution >= 0.6 is 11.3 Å². The molecule has 134 valence electrons. The molecule has 0 spiro atoms. The maximum atomic E-state index is 12.6. The third kappa shape index (κ3) is 3.75. The Labute approximate surface area is 159 Å². The maximum absolute atomic E-state index is 12.6. The minimum absolute atomic E-state index is 0.134. The highest BCUT2D eigenvalue weighted by molar-refractivity contribution is 7.14. The first-order chi connectivity index (χ1) is 13.2. The molecule has 2 aromatic carbocycles. The zero-order chi connectivity index (χ0) is 18.6. The number of fused-ring (bicyclic) bond motifs is 1. The van der Waals surface area contributed by atoms with Crippen molar-refractivity contribution >= 4 is 33.6 Å². The zero-order valence-electron chi connectivity index (χ0n) is 14.5. The molecular weight excluding hydrogens is 360 g/mol. The van der Waals surface area contributed by atoms with Gasteiger partial charge in [0.25, 0.3) is 5.56 Å². The lowest BCUT2D eigenvalue weighted by Gasteiger charge is -2.11. The van der Waals surface area contributed by atoms with Crippen molar-refractivity contribution in [2.24, 2.45) is 4.99 Å². The summed E-state index contributed by atoms with van der Waals surface area (Å²) >= 11 is 1.37. The molecule has 1 N–H and O–H groups in total. The molecular formula is C19H16N6OS. The molecule has 0 aliphatic carbocycles. The first-order valence-electron chi connectivity index (χ1n) is 8.34. The number of aliphatic imine (C=N–C) groups is 1. The number of nitrogens with one attached hydrogen (secondary N) is 1. The smallest absolute Gasteiger partial charge is 0.279 e.